The molecule has 0 saturated carbocycles. The van der Waals surface area contributed by atoms with Crippen LogP contribution in [0.4, 0.5) is 13.2 Å². The third kappa shape index (κ3) is 1.70. The molecule has 1 heterocycles. The highest BCUT2D eigenvalue weighted by molar-refractivity contribution is 5.20. The average Bonchev–Trinajstić information content (AvgIpc) is 2.32. The Morgan fingerprint density at radius 2 is 2.08 bits per heavy atom. The molecular formula is C6H6F3NO2. The molecule has 0 aliphatic rings. The van der Waals surface area contributed by atoms with Gasteiger partial charge in [-0.15, -0.1) is 0 Å². The molecule has 6 heteroatoms. The number of hydrogen-bond donors (Lipinski definition) is 2. The van der Waals surface area contributed by atoms with E-state index in [0.29, 0.717) is 0 Å². The van der Waals surface area contributed by atoms with Crippen LogP contribution < -0.4 is 5.73 Å². The molecule has 1 aromatic heterocycles. The number of aromatic hydroxyl groups is 1. The summed E-state index contributed by atoms with van der Waals surface area (Å²) in [5.41, 5.74) is 4.50. The topological polar surface area (TPSA) is 59.4 Å². The van der Waals surface area contributed by atoms with Gasteiger partial charge in [0.15, 0.2) is 0 Å². The van der Waals surface area contributed by atoms with E-state index in [2.05, 4.69) is 4.42 Å². The molecule has 0 spiro atoms. The summed E-state index contributed by atoms with van der Waals surface area (Å²) in [5.74, 6) is -0.579. The minimum Gasteiger partial charge on any atom is -0.481 e. The van der Waals surface area contributed by atoms with E-state index in [-0.39, 0.29) is 5.56 Å². The summed E-state index contributed by atoms with van der Waals surface area (Å²) >= 11 is 0. The number of halogens is 3. The number of alkyl halides is 3. The van der Waals surface area contributed by atoms with Gasteiger partial charge < -0.3 is 15.3 Å². The van der Waals surface area contributed by atoms with Crippen molar-refractivity contribution in [3.05, 3.63) is 17.9 Å². The Morgan fingerprint density at radius 3 is 2.42 bits per heavy atom. The van der Waals surface area contributed by atoms with Crippen molar-refractivity contribution in [3.8, 4) is 5.95 Å². The molecule has 1 atom stereocenters. The van der Waals surface area contributed by atoms with Crippen LogP contribution in [0.15, 0.2) is 16.7 Å². The normalized spacial score (nSPS) is 14.7. The number of nitrogens with two attached hydrogens (primary N) is 1. The lowest BCUT2D eigenvalue weighted by Gasteiger charge is -2.12. The number of rotatable bonds is 1. The van der Waals surface area contributed by atoms with Crippen LogP contribution in [0.5, 0.6) is 5.95 Å². The highest BCUT2D eigenvalue weighted by Crippen LogP contribution is 2.32. The summed E-state index contributed by atoms with van der Waals surface area (Å²) in [5, 5.41) is 8.58. The Labute approximate surface area is 65.6 Å². The minimum atomic E-state index is -4.52. The molecule has 1 rings (SSSR count). The molecule has 3 nitrogen and oxygen atoms in total. The molecule has 0 radical (unpaired) electrons. The molecule has 0 saturated heterocycles. The maximum absolute atomic E-state index is 11.9. The van der Waals surface area contributed by atoms with Crippen LogP contribution in [-0.2, 0) is 0 Å². The van der Waals surface area contributed by atoms with E-state index in [1.54, 1.807) is 0 Å². The Kier molecular flexibility index (Phi) is 2.01. The van der Waals surface area contributed by atoms with E-state index in [4.69, 9.17) is 10.8 Å². The second kappa shape index (κ2) is 2.71. The van der Waals surface area contributed by atoms with Crippen LogP contribution >= 0.6 is 0 Å². The quantitative estimate of drug-likeness (QED) is 0.690. The average molecular weight is 181 g/mol. The van der Waals surface area contributed by atoms with Gasteiger partial charge in [0, 0.05) is 11.6 Å². The van der Waals surface area contributed by atoms with E-state index >= 15 is 0 Å². The molecule has 0 fully saturated rings. The van der Waals surface area contributed by atoms with Gasteiger partial charge in [0.1, 0.15) is 12.3 Å². The molecule has 12 heavy (non-hydrogen) atoms. The Bertz CT molecular complexity index is 268. The zero-order chi connectivity index (χ0) is 9.35. The molecule has 0 bridgehead atoms. The lowest BCUT2D eigenvalue weighted by molar-refractivity contribution is -0.149. The summed E-state index contributed by atoms with van der Waals surface area (Å²) in [6.45, 7) is 0. The summed E-state index contributed by atoms with van der Waals surface area (Å²) in [7, 11) is 0. The predicted molar refractivity (Wildman–Crippen MR) is 33.4 cm³/mol. The third-order valence-electron chi connectivity index (χ3n) is 1.32. The smallest absolute Gasteiger partial charge is 0.407 e. The van der Waals surface area contributed by atoms with Crippen molar-refractivity contribution in [2.24, 2.45) is 5.73 Å². The van der Waals surface area contributed by atoms with E-state index in [1.165, 1.54) is 0 Å². The second-order valence-electron chi connectivity index (χ2n) is 2.24. The molecule has 0 amide bonds. The summed E-state index contributed by atoms with van der Waals surface area (Å²) in [6.07, 6.45) is -3.75. The predicted octanol–water partition coefficient (Wildman–Crippen LogP) is 1.55. The first-order chi connectivity index (χ1) is 5.41. The molecule has 0 aromatic carbocycles. The maximum atomic E-state index is 11.9. The highest BCUT2D eigenvalue weighted by Gasteiger charge is 2.38. The van der Waals surface area contributed by atoms with Crippen LogP contribution in [0.2, 0.25) is 0 Å². The molecule has 0 aliphatic carbocycles. The Hall–Kier alpha value is -1.17. The van der Waals surface area contributed by atoms with Crippen molar-refractivity contribution in [2.45, 2.75) is 12.2 Å². The second-order valence-corrected chi connectivity index (χ2v) is 2.24. The zero-order valence-corrected chi connectivity index (χ0v) is 5.80. The lowest BCUT2D eigenvalue weighted by atomic mass is 10.1. The van der Waals surface area contributed by atoms with Gasteiger partial charge >= 0.3 is 6.18 Å². The fraction of sp³-hybridized carbons (Fsp3) is 0.333. The van der Waals surface area contributed by atoms with Gasteiger partial charge in [0.2, 0.25) is 0 Å². The first kappa shape index (κ1) is 8.92. The van der Waals surface area contributed by atoms with Gasteiger partial charge in [-0.3, -0.25) is 0 Å². The molecule has 1 aromatic rings. The minimum absolute atomic E-state index is 0.292. The summed E-state index contributed by atoms with van der Waals surface area (Å²) < 4.78 is 39.9. The van der Waals surface area contributed by atoms with Crippen LogP contribution in [0.25, 0.3) is 0 Å². The van der Waals surface area contributed by atoms with E-state index in [9.17, 15) is 13.2 Å². The monoisotopic (exact) mass is 181 g/mol. The molecule has 0 unspecified atom stereocenters. The van der Waals surface area contributed by atoms with E-state index in [1.807, 2.05) is 0 Å². The van der Waals surface area contributed by atoms with Crippen LogP contribution in [-0.4, -0.2) is 11.3 Å². The zero-order valence-electron chi connectivity index (χ0n) is 5.80. The number of furan rings is 1. The highest BCUT2D eigenvalue weighted by atomic mass is 19.4. The summed E-state index contributed by atoms with van der Waals surface area (Å²) in [4.78, 5) is 0. The van der Waals surface area contributed by atoms with Crippen molar-refractivity contribution >= 4 is 0 Å². The first-order valence-corrected chi connectivity index (χ1v) is 3.01. The van der Waals surface area contributed by atoms with Gasteiger partial charge in [-0.2, -0.15) is 13.2 Å². The molecule has 3 N–H and O–H groups in total. The van der Waals surface area contributed by atoms with Crippen LogP contribution in [0.1, 0.15) is 11.6 Å². The van der Waals surface area contributed by atoms with Crippen molar-refractivity contribution in [3.63, 3.8) is 0 Å². The van der Waals surface area contributed by atoms with Crippen LogP contribution in [0.3, 0.4) is 0 Å². The van der Waals surface area contributed by atoms with E-state index < -0.39 is 18.2 Å². The van der Waals surface area contributed by atoms with Crippen molar-refractivity contribution in [1.82, 2.24) is 0 Å². The van der Waals surface area contributed by atoms with E-state index in [0.717, 1.165) is 12.3 Å². The Balaban J connectivity index is 2.85. The molecular weight excluding hydrogens is 175 g/mol. The Morgan fingerprint density at radius 1 is 1.50 bits per heavy atom. The fourth-order valence-corrected chi connectivity index (χ4v) is 0.691. The molecule has 0 aliphatic heterocycles. The number of hydrogen-bond acceptors (Lipinski definition) is 3. The SMILES string of the molecule is N[C@H](c1coc(O)c1)C(F)(F)F. The largest absolute Gasteiger partial charge is 0.481 e. The van der Waals surface area contributed by atoms with Crippen molar-refractivity contribution in [1.29, 1.82) is 0 Å². The van der Waals surface area contributed by atoms with Gasteiger partial charge in [0.05, 0.1) is 0 Å². The van der Waals surface area contributed by atoms with Gasteiger partial charge in [-0.1, -0.05) is 0 Å². The standard InChI is InChI=1S/C6H6F3NO2/c7-6(8,9)5(10)3-1-4(11)12-2-3/h1-2,5,11H,10H2/t5-/m1/s1. The third-order valence-corrected chi connectivity index (χ3v) is 1.32. The maximum Gasteiger partial charge on any atom is 0.407 e. The van der Waals surface area contributed by atoms with Crippen molar-refractivity contribution < 1.29 is 22.7 Å². The summed E-state index contributed by atoms with van der Waals surface area (Å²) in [6, 6.07) is -1.28. The van der Waals surface area contributed by atoms with Gasteiger partial charge in [-0.05, 0) is 0 Å². The van der Waals surface area contributed by atoms with Crippen molar-refractivity contribution in [2.75, 3.05) is 0 Å². The lowest BCUT2D eigenvalue weighted by Crippen LogP contribution is -2.27. The van der Waals surface area contributed by atoms with Crippen LogP contribution in [0, 0.1) is 0 Å². The van der Waals surface area contributed by atoms with Gasteiger partial charge in [0.25, 0.3) is 5.95 Å². The van der Waals surface area contributed by atoms with Gasteiger partial charge in [-0.25, -0.2) is 0 Å². The molecule has 68 valence electrons. The first-order valence-electron chi connectivity index (χ1n) is 3.01. The fourth-order valence-electron chi connectivity index (χ4n) is 0.691.